The number of aryl methyl sites for hydroxylation is 1. The number of aromatic nitrogens is 1. The van der Waals surface area contributed by atoms with Crippen molar-refractivity contribution in [2.24, 2.45) is 0 Å². The third-order valence-electron chi connectivity index (χ3n) is 8.32. The van der Waals surface area contributed by atoms with Crippen molar-refractivity contribution in [1.29, 1.82) is 0 Å². The van der Waals surface area contributed by atoms with Gasteiger partial charge in [0.2, 0.25) is 5.91 Å². The molecule has 3 aromatic rings. The number of amides is 2. The van der Waals surface area contributed by atoms with Crippen LogP contribution in [0.15, 0.2) is 53.1 Å². The highest BCUT2D eigenvalue weighted by Gasteiger charge is 2.30. The second-order valence-corrected chi connectivity index (χ2v) is 11.7. The molecule has 5 rings (SSSR count). The molecule has 0 radical (unpaired) electrons. The number of hydrogen-bond acceptors (Lipinski definition) is 8. The van der Waals surface area contributed by atoms with Crippen molar-refractivity contribution < 1.29 is 23.9 Å². The Morgan fingerprint density at radius 1 is 0.932 bits per heavy atom. The van der Waals surface area contributed by atoms with Crippen LogP contribution in [0.3, 0.4) is 0 Å². The zero-order chi connectivity index (χ0) is 30.9. The Kier molecular flexibility index (Phi) is 10.7. The van der Waals surface area contributed by atoms with Gasteiger partial charge in [0.1, 0.15) is 6.26 Å². The molecule has 0 atom stereocenters. The summed E-state index contributed by atoms with van der Waals surface area (Å²) in [5.74, 6) is 0.525. The van der Waals surface area contributed by atoms with E-state index in [2.05, 4.69) is 56.6 Å². The number of carbonyl (C=O) groups excluding carboxylic acids is 3. The third kappa shape index (κ3) is 8.25. The Morgan fingerprint density at radius 3 is 2.34 bits per heavy atom. The van der Waals surface area contributed by atoms with Crippen molar-refractivity contribution >= 4 is 34.7 Å². The summed E-state index contributed by atoms with van der Waals surface area (Å²) in [5, 5.41) is 14.5. The summed E-state index contributed by atoms with van der Waals surface area (Å²) in [6.07, 6.45) is 7.47. The van der Waals surface area contributed by atoms with Crippen LogP contribution in [0.25, 0.3) is 0 Å². The molecule has 10 heteroatoms. The number of hydrogen-bond donors (Lipinski definition) is 3. The molecule has 0 bridgehead atoms. The number of nitrogens with one attached hydrogen (secondary N) is 2. The van der Waals surface area contributed by atoms with Crippen molar-refractivity contribution in [3.8, 4) is 0 Å². The summed E-state index contributed by atoms with van der Waals surface area (Å²) in [6, 6.07) is 14.0. The number of unbranched alkanes of at least 4 members (excludes halogenated alkanes) is 3. The fourth-order valence-electron chi connectivity index (χ4n) is 5.64. The molecule has 44 heavy (non-hydrogen) atoms. The minimum atomic E-state index is -0.354. The first kappa shape index (κ1) is 31.3. The van der Waals surface area contributed by atoms with Gasteiger partial charge in [-0.15, -0.1) is 0 Å². The zero-order valence-electron chi connectivity index (χ0n) is 25.5. The molecule has 2 amide bonds. The number of piperazine rings is 1. The maximum Gasteiger partial charge on any atom is 0.277 e. The number of nitrogens with zero attached hydrogens (tertiary/aromatic N) is 3. The summed E-state index contributed by atoms with van der Waals surface area (Å²) in [4.78, 5) is 47.2. The van der Waals surface area contributed by atoms with E-state index in [-0.39, 0.29) is 36.4 Å². The Labute approximate surface area is 258 Å². The normalized spacial score (nSPS) is 14.9. The molecule has 1 saturated heterocycles. The molecular formula is C34H43N5O5. The van der Waals surface area contributed by atoms with Crippen LogP contribution in [0.4, 0.5) is 17.1 Å². The largest absolute Gasteiger partial charge is 0.448 e. The minimum Gasteiger partial charge on any atom is -0.448 e. The van der Waals surface area contributed by atoms with Gasteiger partial charge in [0, 0.05) is 62.7 Å². The maximum atomic E-state index is 13.3. The van der Waals surface area contributed by atoms with Gasteiger partial charge in [-0.1, -0.05) is 31.0 Å². The standard InChI is InChI=1S/C34H43N5O5/c1-24-8-6-7-9-29(24)38-17-19-39(20-18-38)30-15-14-26(31(41)10-4-2-3-5-11-32(42)35-16-21-40)22-27(30)36-33(43)28-23-44-34(37-28)25-12-13-25/h6-9,14-15,22-23,25,40H,2-5,10-13,16-21H2,1H3,(H,35,42)(H,36,43). The first-order valence-corrected chi connectivity index (χ1v) is 15.8. The lowest BCUT2D eigenvalue weighted by Crippen LogP contribution is -2.47. The van der Waals surface area contributed by atoms with Crippen LogP contribution >= 0.6 is 0 Å². The molecule has 3 N–H and O–H groups in total. The SMILES string of the molecule is Cc1ccccc1N1CCN(c2ccc(C(=O)CCCCCCC(=O)NCCO)cc2NC(=O)c2coc(C3CC3)n2)CC1. The number of benzene rings is 2. The zero-order valence-corrected chi connectivity index (χ0v) is 25.5. The van der Waals surface area contributed by atoms with Crippen LogP contribution in [0.1, 0.15) is 89.6 Å². The van der Waals surface area contributed by atoms with Gasteiger partial charge in [0.15, 0.2) is 17.4 Å². The number of oxazole rings is 1. The van der Waals surface area contributed by atoms with Crippen LogP contribution in [0.2, 0.25) is 0 Å². The smallest absolute Gasteiger partial charge is 0.277 e. The number of aliphatic hydroxyl groups excluding tert-OH is 1. The number of aliphatic hydroxyl groups is 1. The molecule has 0 spiro atoms. The van der Waals surface area contributed by atoms with Crippen molar-refractivity contribution in [1.82, 2.24) is 10.3 Å². The van der Waals surface area contributed by atoms with Crippen molar-refractivity contribution in [3.63, 3.8) is 0 Å². The summed E-state index contributed by atoms with van der Waals surface area (Å²) in [5.41, 5.74) is 4.76. The Hall–Kier alpha value is -4.18. The van der Waals surface area contributed by atoms with E-state index in [1.165, 1.54) is 17.5 Å². The number of ketones is 1. The maximum absolute atomic E-state index is 13.3. The molecule has 0 unspecified atom stereocenters. The number of carbonyl (C=O) groups is 3. The van der Waals surface area contributed by atoms with E-state index in [9.17, 15) is 14.4 Å². The summed E-state index contributed by atoms with van der Waals surface area (Å²) in [6.45, 7) is 5.58. The van der Waals surface area contributed by atoms with Crippen LogP contribution in [-0.4, -0.2) is 67.0 Å². The number of para-hydroxylation sites is 1. The average molecular weight is 602 g/mol. The monoisotopic (exact) mass is 601 g/mol. The molecule has 2 aliphatic rings. The molecule has 1 aliphatic heterocycles. The second-order valence-electron chi connectivity index (χ2n) is 11.7. The molecule has 2 heterocycles. The first-order valence-electron chi connectivity index (χ1n) is 15.8. The van der Waals surface area contributed by atoms with E-state index in [0.717, 1.165) is 70.4 Å². The second kappa shape index (κ2) is 15.0. The fraction of sp³-hybridized carbons (Fsp3) is 0.471. The number of Topliss-reactive ketones (excluding diaryl/α,β-unsaturated/α-hetero) is 1. The minimum absolute atomic E-state index is 0.0227. The molecule has 1 aliphatic carbocycles. The average Bonchev–Trinajstić information content (AvgIpc) is 3.77. The highest BCUT2D eigenvalue weighted by molar-refractivity contribution is 6.06. The van der Waals surface area contributed by atoms with E-state index < -0.39 is 0 Å². The lowest BCUT2D eigenvalue weighted by atomic mass is 10.0. The lowest BCUT2D eigenvalue weighted by molar-refractivity contribution is -0.121. The van der Waals surface area contributed by atoms with Crippen LogP contribution in [0.5, 0.6) is 0 Å². The van der Waals surface area contributed by atoms with E-state index in [0.29, 0.717) is 35.9 Å². The van der Waals surface area contributed by atoms with E-state index in [4.69, 9.17) is 9.52 Å². The quantitative estimate of drug-likeness (QED) is 0.163. The fourth-order valence-corrected chi connectivity index (χ4v) is 5.64. The first-order chi connectivity index (χ1) is 21.4. The topological polar surface area (TPSA) is 128 Å². The van der Waals surface area contributed by atoms with Crippen LogP contribution in [-0.2, 0) is 4.79 Å². The van der Waals surface area contributed by atoms with Crippen molar-refractivity contribution in [2.75, 3.05) is 54.4 Å². The van der Waals surface area contributed by atoms with Gasteiger partial charge in [-0.25, -0.2) is 4.98 Å². The Morgan fingerprint density at radius 2 is 1.64 bits per heavy atom. The number of anilines is 3. The van der Waals surface area contributed by atoms with Crippen LogP contribution < -0.4 is 20.4 Å². The molecular weight excluding hydrogens is 558 g/mol. The van der Waals surface area contributed by atoms with Crippen LogP contribution in [0, 0.1) is 6.92 Å². The molecule has 2 aromatic carbocycles. The predicted octanol–water partition coefficient (Wildman–Crippen LogP) is 5.07. The van der Waals surface area contributed by atoms with Gasteiger partial charge >= 0.3 is 0 Å². The molecule has 1 aromatic heterocycles. The Balaban J connectivity index is 1.23. The molecule has 10 nitrogen and oxygen atoms in total. The van der Waals surface area contributed by atoms with Gasteiger partial charge in [-0.2, -0.15) is 0 Å². The van der Waals surface area contributed by atoms with Crippen molar-refractivity contribution in [3.05, 3.63) is 71.4 Å². The summed E-state index contributed by atoms with van der Waals surface area (Å²) >= 11 is 0. The van der Waals surface area contributed by atoms with Gasteiger partial charge in [0.05, 0.1) is 18.0 Å². The van der Waals surface area contributed by atoms with Crippen molar-refractivity contribution in [2.45, 2.75) is 64.2 Å². The molecule has 234 valence electrons. The summed E-state index contributed by atoms with van der Waals surface area (Å²) < 4.78 is 5.55. The predicted molar refractivity (Wildman–Crippen MR) is 171 cm³/mol. The third-order valence-corrected chi connectivity index (χ3v) is 8.32. The Bertz CT molecular complexity index is 1440. The van der Waals surface area contributed by atoms with E-state index >= 15 is 0 Å². The number of rotatable bonds is 15. The van der Waals surface area contributed by atoms with Gasteiger partial charge in [-0.3, -0.25) is 14.4 Å². The van der Waals surface area contributed by atoms with Gasteiger partial charge in [-0.05, 0) is 62.4 Å². The lowest BCUT2D eigenvalue weighted by Gasteiger charge is -2.38. The molecule has 2 fully saturated rings. The van der Waals surface area contributed by atoms with E-state index in [1.807, 2.05) is 12.1 Å². The van der Waals surface area contributed by atoms with Gasteiger partial charge < -0.3 is 30.0 Å². The highest BCUT2D eigenvalue weighted by atomic mass is 16.3. The summed E-state index contributed by atoms with van der Waals surface area (Å²) in [7, 11) is 0. The highest BCUT2D eigenvalue weighted by Crippen LogP contribution is 2.39. The molecule has 1 saturated carbocycles. The van der Waals surface area contributed by atoms with E-state index in [1.54, 1.807) is 6.07 Å². The van der Waals surface area contributed by atoms with Gasteiger partial charge in [0.25, 0.3) is 5.91 Å².